The molecule has 2 aliphatic heterocycles. The number of nitrogens with zero attached hydrogens (tertiary/aromatic N) is 1. The smallest absolute Gasteiger partial charge is 0.416 e. The van der Waals surface area contributed by atoms with Crippen molar-refractivity contribution in [2.24, 2.45) is 0 Å². The van der Waals surface area contributed by atoms with Crippen LogP contribution in [0.3, 0.4) is 0 Å². The monoisotopic (exact) mass is 387 g/mol. The minimum atomic E-state index is -4.56. The Hall–Kier alpha value is -1.80. The van der Waals surface area contributed by atoms with Gasteiger partial charge in [0.25, 0.3) is 0 Å². The van der Waals surface area contributed by atoms with E-state index in [0.717, 1.165) is 31.4 Å². The summed E-state index contributed by atoms with van der Waals surface area (Å²) in [6, 6.07) is 2.82. The number of benzene rings is 1. The van der Waals surface area contributed by atoms with E-state index in [1.165, 1.54) is 11.1 Å². The molecule has 0 spiro atoms. The average molecular weight is 387 g/mol. The van der Waals surface area contributed by atoms with Gasteiger partial charge in [0.1, 0.15) is 17.4 Å². The van der Waals surface area contributed by atoms with Gasteiger partial charge in [-0.25, -0.2) is 4.79 Å². The van der Waals surface area contributed by atoms with Crippen molar-refractivity contribution >= 4 is 5.97 Å². The molecule has 0 unspecified atom stereocenters. The molecule has 5 nitrogen and oxygen atoms in total. The summed E-state index contributed by atoms with van der Waals surface area (Å²) in [7, 11) is 0. The zero-order chi connectivity index (χ0) is 19.8. The first-order valence-electron chi connectivity index (χ1n) is 9.21. The Bertz CT molecular complexity index is 678. The van der Waals surface area contributed by atoms with Gasteiger partial charge in [-0.1, -0.05) is 6.42 Å². The summed E-state index contributed by atoms with van der Waals surface area (Å²) < 4.78 is 50.2. The van der Waals surface area contributed by atoms with Gasteiger partial charge < -0.3 is 14.7 Å². The Balaban J connectivity index is 1.84. The number of hydroxylamine groups is 2. The highest BCUT2D eigenvalue weighted by molar-refractivity contribution is 5.93. The van der Waals surface area contributed by atoms with E-state index in [9.17, 15) is 23.2 Å². The molecule has 0 saturated carbocycles. The first-order chi connectivity index (χ1) is 12.6. The van der Waals surface area contributed by atoms with Gasteiger partial charge >= 0.3 is 12.1 Å². The van der Waals surface area contributed by atoms with Crippen LogP contribution in [-0.4, -0.2) is 40.5 Å². The molecule has 0 aromatic heterocycles. The van der Waals surface area contributed by atoms with Crippen molar-refractivity contribution in [2.75, 3.05) is 0 Å². The van der Waals surface area contributed by atoms with Gasteiger partial charge in [-0.2, -0.15) is 18.2 Å². The molecule has 8 heteroatoms. The molecule has 27 heavy (non-hydrogen) atoms. The van der Waals surface area contributed by atoms with Gasteiger partial charge in [-0.15, -0.1) is 0 Å². The lowest BCUT2D eigenvalue weighted by Crippen LogP contribution is -2.52. The van der Waals surface area contributed by atoms with E-state index in [-0.39, 0.29) is 29.5 Å². The third kappa shape index (κ3) is 4.55. The van der Waals surface area contributed by atoms with E-state index in [4.69, 9.17) is 9.47 Å². The maximum Gasteiger partial charge on any atom is 0.416 e. The highest BCUT2D eigenvalue weighted by Crippen LogP contribution is 2.37. The second-order valence-electron chi connectivity index (χ2n) is 7.49. The zero-order valence-corrected chi connectivity index (χ0v) is 15.3. The van der Waals surface area contributed by atoms with Crippen LogP contribution in [0.1, 0.15) is 61.9 Å². The normalized spacial score (nSPS) is 26.1. The first-order valence-corrected chi connectivity index (χ1v) is 9.21. The number of carbonyl (C=O) groups is 1. The summed E-state index contributed by atoms with van der Waals surface area (Å²) in [4.78, 5) is 12.3. The van der Waals surface area contributed by atoms with Crippen LogP contribution in [-0.2, 0) is 10.9 Å². The highest BCUT2D eigenvalue weighted by atomic mass is 19.4. The summed E-state index contributed by atoms with van der Waals surface area (Å²) in [6.45, 7) is 3.26. The molecule has 0 aliphatic carbocycles. The third-order valence-corrected chi connectivity index (χ3v) is 5.06. The van der Waals surface area contributed by atoms with Gasteiger partial charge in [-0.05, 0) is 44.9 Å². The first kappa shape index (κ1) is 19.9. The summed E-state index contributed by atoms with van der Waals surface area (Å²) in [5.74, 6) is -0.756. The highest BCUT2D eigenvalue weighted by Gasteiger charge is 2.39. The summed E-state index contributed by atoms with van der Waals surface area (Å²) in [6.07, 6.45) is -1.44. The van der Waals surface area contributed by atoms with Crippen molar-refractivity contribution in [1.29, 1.82) is 0 Å². The lowest BCUT2D eigenvalue weighted by atomic mass is 9.84. The molecule has 3 rings (SSSR count). The van der Waals surface area contributed by atoms with Crippen LogP contribution in [0.25, 0.3) is 0 Å². The van der Waals surface area contributed by atoms with Crippen LogP contribution < -0.4 is 4.74 Å². The standard InChI is InChI=1S/C19H24F3NO4/c1-11(2)26-18(24)16-8-12(19(20,21)22)6-7-17(16)27-15-9-13-4-3-5-14(10-15)23(13)25/h6-8,11,13-15,25H,3-5,9-10H2,1-2H3/t13-,14-/m1/s1. The number of hydrogen-bond acceptors (Lipinski definition) is 5. The maximum absolute atomic E-state index is 13.1. The molecule has 1 aromatic carbocycles. The van der Waals surface area contributed by atoms with E-state index in [0.29, 0.717) is 12.8 Å². The quantitative estimate of drug-likeness (QED) is 0.775. The van der Waals surface area contributed by atoms with E-state index in [2.05, 4.69) is 0 Å². The SMILES string of the molecule is CC(C)OC(=O)c1cc(C(F)(F)F)ccc1OC1C[C@H]2CCC[C@H](C1)N2O. The zero-order valence-electron chi connectivity index (χ0n) is 15.3. The number of piperidine rings is 2. The van der Waals surface area contributed by atoms with Crippen molar-refractivity contribution in [3.63, 3.8) is 0 Å². The van der Waals surface area contributed by atoms with Crippen molar-refractivity contribution < 1.29 is 32.6 Å². The number of rotatable bonds is 4. The Labute approximate surface area is 156 Å². The second-order valence-corrected chi connectivity index (χ2v) is 7.49. The number of carbonyl (C=O) groups excluding carboxylic acids is 1. The van der Waals surface area contributed by atoms with Crippen molar-refractivity contribution in [1.82, 2.24) is 5.06 Å². The lowest BCUT2D eigenvalue weighted by Gasteiger charge is -2.44. The molecule has 2 aliphatic rings. The van der Waals surface area contributed by atoms with E-state index >= 15 is 0 Å². The molecule has 2 bridgehead atoms. The average Bonchev–Trinajstić information content (AvgIpc) is 2.54. The van der Waals surface area contributed by atoms with Crippen LogP contribution in [0.4, 0.5) is 13.2 Å². The molecular weight excluding hydrogens is 363 g/mol. The summed E-state index contributed by atoms with van der Waals surface area (Å²) >= 11 is 0. The van der Waals surface area contributed by atoms with Gasteiger partial charge in [0.2, 0.25) is 0 Å². The van der Waals surface area contributed by atoms with Gasteiger partial charge in [-0.3, -0.25) is 0 Å². The van der Waals surface area contributed by atoms with Crippen molar-refractivity contribution in [3.05, 3.63) is 29.3 Å². The fourth-order valence-electron chi connectivity index (χ4n) is 3.83. The van der Waals surface area contributed by atoms with Crippen molar-refractivity contribution in [2.45, 2.75) is 76.4 Å². The molecule has 0 radical (unpaired) electrons. The molecule has 2 heterocycles. The number of esters is 1. The number of ether oxygens (including phenoxy) is 2. The van der Waals surface area contributed by atoms with Crippen LogP contribution in [0.2, 0.25) is 0 Å². The number of halogens is 3. The number of fused-ring (bicyclic) bond motifs is 2. The van der Waals surface area contributed by atoms with Crippen LogP contribution in [0.15, 0.2) is 18.2 Å². The number of alkyl halides is 3. The predicted octanol–water partition coefficient (Wildman–Crippen LogP) is 4.42. The van der Waals surface area contributed by atoms with Gasteiger partial charge in [0.05, 0.1) is 11.7 Å². The second kappa shape index (κ2) is 7.67. The largest absolute Gasteiger partial charge is 0.489 e. The Morgan fingerprint density at radius 2 is 1.85 bits per heavy atom. The molecule has 2 saturated heterocycles. The van der Waals surface area contributed by atoms with E-state index in [1.807, 2.05) is 0 Å². The van der Waals surface area contributed by atoms with Crippen LogP contribution in [0.5, 0.6) is 5.75 Å². The molecular formula is C19H24F3NO4. The molecule has 2 fully saturated rings. The summed E-state index contributed by atoms with van der Waals surface area (Å²) in [5, 5.41) is 11.5. The predicted molar refractivity (Wildman–Crippen MR) is 90.7 cm³/mol. The Kier molecular flexibility index (Phi) is 5.67. The summed E-state index contributed by atoms with van der Waals surface area (Å²) in [5.41, 5.74) is -1.15. The topological polar surface area (TPSA) is 59.0 Å². The molecule has 0 amide bonds. The molecule has 1 aromatic rings. The minimum absolute atomic E-state index is 0.0250. The molecule has 150 valence electrons. The fraction of sp³-hybridized carbons (Fsp3) is 0.632. The molecule has 2 atom stereocenters. The fourth-order valence-corrected chi connectivity index (χ4v) is 3.83. The van der Waals surface area contributed by atoms with Gasteiger partial charge in [0, 0.05) is 24.9 Å². The van der Waals surface area contributed by atoms with E-state index < -0.39 is 23.8 Å². The Morgan fingerprint density at radius 3 is 2.41 bits per heavy atom. The van der Waals surface area contributed by atoms with Crippen LogP contribution in [0, 0.1) is 0 Å². The van der Waals surface area contributed by atoms with E-state index in [1.54, 1.807) is 13.8 Å². The lowest BCUT2D eigenvalue weighted by molar-refractivity contribution is -0.207. The maximum atomic E-state index is 13.1. The Morgan fingerprint density at radius 1 is 1.22 bits per heavy atom. The van der Waals surface area contributed by atoms with Crippen LogP contribution >= 0.6 is 0 Å². The van der Waals surface area contributed by atoms with Gasteiger partial charge in [0.15, 0.2) is 0 Å². The third-order valence-electron chi connectivity index (χ3n) is 5.06. The number of hydrogen-bond donors (Lipinski definition) is 1. The molecule has 1 N–H and O–H groups in total. The van der Waals surface area contributed by atoms with Crippen molar-refractivity contribution in [3.8, 4) is 5.75 Å². The minimum Gasteiger partial charge on any atom is -0.489 e.